The maximum Gasteiger partial charge on any atom is 0.243 e. The minimum Gasteiger partial charge on any atom is -0.320 e. The van der Waals surface area contributed by atoms with Gasteiger partial charge in [-0.1, -0.05) is 58.0 Å². The van der Waals surface area contributed by atoms with E-state index in [2.05, 4.69) is 5.32 Å². The van der Waals surface area contributed by atoms with Crippen LogP contribution < -0.4 is 11.1 Å². The highest BCUT2D eigenvalue weighted by Gasteiger charge is 2.68. The summed E-state index contributed by atoms with van der Waals surface area (Å²) in [5, 5.41) is 2.47. The van der Waals surface area contributed by atoms with Crippen molar-refractivity contribution in [2.24, 2.45) is 22.5 Å². The Morgan fingerprint density at radius 1 is 1.14 bits per heavy atom. The van der Waals surface area contributed by atoms with Crippen molar-refractivity contribution in [2.75, 3.05) is 0 Å². The van der Waals surface area contributed by atoms with Crippen LogP contribution in [0.25, 0.3) is 0 Å². The first-order valence-electron chi connectivity index (χ1n) is 7.32. The zero-order chi connectivity index (χ0) is 15.8. The highest BCUT2D eigenvalue weighted by molar-refractivity contribution is 6.00. The average molecular weight is 288 g/mol. The van der Waals surface area contributed by atoms with Crippen molar-refractivity contribution in [1.29, 1.82) is 0 Å². The van der Waals surface area contributed by atoms with Gasteiger partial charge in [-0.05, 0) is 22.8 Å². The first kappa shape index (κ1) is 15.7. The molecule has 2 rings (SSSR count). The van der Waals surface area contributed by atoms with E-state index in [0.29, 0.717) is 6.42 Å². The van der Waals surface area contributed by atoms with Gasteiger partial charge < -0.3 is 5.73 Å². The van der Waals surface area contributed by atoms with Gasteiger partial charge in [0.2, 0.25) is 11.8 Å². The molecule has 1 aliphatic carbocycles. The van der Waals surface area contributed by atoms with E-state index in [1.807, 2.05) is 58.0 Å². The Hall–Kier alpha value is -1.68. The van der Waals surface area contributed by atoms with Crippen molar-refractivity contribution in [2.45, 2.75) is 40.2 Å². The van der Waals surface area contributed by atoms with Crippen LogP contribution in [0.5, 0.6) is 0 Å². The molecule has 0 saturated heterocycles. The van der Waals surface area contributed by atoms with Crippen molar-refractivity contribution in [1.82, 2.24) is 5.32 Å². The van der Waals surface area contributed by atoms with E-state index >= 15 is 0 Å². The lowest BCUT2D eigenvalue weighted by atomic mass is 10.0. The molecule has 0 aromatic heterocycles. The second kappa shape index (κ2) is 5.26. The number of rotatable bonds is 4. The SMILES string of the molecule is CC1(C)C(C(=O)NC(=O)C(N)Cc2ccccc2)C1(C)C. The second-order valence-corrected chi connectivity index (χ2v) is 7.03. The van der Waals surface area contributed by atoms with Crippen LogP contribution >= 0.6 is 0 Å². The molecule has 114 valence electrons. The average Bonchev–Trinajstić information content (AvgIpc) is 2.80. The molecule has 1 aliphatic rings. The van der Waals surface area contributed by atoms with Gasteiger partial charge in [0.05, 0.1) is 6.04 Å². The van der Waals surface area contributed by atoms with E-state index in [1.54, 1.807) is 0 Å². The highest BCUT2D eigenvalue weighted by atomic mass is 16.2. The molecule has 0 aliphatic heterocycles. The Morgan fingerprint density at radius 3 is 2.14 bits per heavy atom. The summed E-state index contributed by atoms with van der Waals surface area (Å²) in [5.74, 6) is -0.751. The quantitative estimate of drug-likeness (QED) is 0.888. The summed E-state index contributed by atoms with van der Waals surface area (Å²) in [6.07, 6.45) is 0.428. The maximum absolute atomic E-state index is 12.2. The second-order valence-electron chi connectivity index (χ2n) is 7.03. The Bertz CT molecular complexity index is 535. The molecule has 1 unspecified atom stereocenters. The summed E-state index contributed by atoms with van der Waals surface area (Å²) >= 11 is 0. The Morgan fingerprint density at radius 2 is 1.67 bits per heavy atom. The fourth-order valence-electron chi connectivity index (χ4n) is 3.10. The summed E-state index contributed by atoms with van der Waals surface area (Å²) in [6, 6.07) is 8.85. The number of nitrogens with two attached hydrogens (primary N) is 1. The van der Waals surface area contributed by atoms with Crippen molar-refractivity contribution in [3.05, 3.63) is 35.9 Å². The van der Waals surface area contributed by atoms with Gasteiger partial charge in [0.1, 0.15) is 0 Å². The topological polar surface area (TPSA) is 72.2 Å². The largest absolute Gasteiger partial charge is 0.320 e. The number of carbonyl (C=O) groups excluding carboxylic acids is 2. The molecule has 0 bridgehead atoms. The van der Waals surface area contributed by atoms with Gasteiger partial charge in [0.15, 0.2) is 0 Å². The van der Waals surface area contributed by atoms with Gasteiger partial charge in [-0.2, -0.15) is 0 Å². The van der Waals surface area contributed by atoms with Crippen LogP contribution in [0, 0.1) is 16.7 Å². The number of hydrogen-bond acceptors (Lipinski definition) is 3. The van der Waals surface area contributed by atoms with Crippen molar-refractivity contribution in [3.8, 4) is 0 Å². The lowest BCUT2D eigenvalue weighted by Gasteiger charge is -2.12. The van der Waals surface area contributed by atoms with E-state index in [0.717, 1.165) is 5.56 Å². The van der Waals surface area contributed by atoms with E-state index < -0.39 is 11.9 Å². The van der Waals surface area contributed by atoms with E-state index in [4.69, 9.17) is 5.73 Å². The Kier molecular flexibility index (Phi) is 3.93. The zero-order valence-corrected chi connectivity index (χ0v) is 13.1. The van der Waals surface area contributed by atoms with Crippen LogP contribution in [-0.2, 0) is 16.0 Å². The van der Waals surface area contributed by atoms with Crippen LogP contribution in [-0.4, -0.2) is 17.9 Å². The van der Waals surface area contributed by atoms with Gasteiger partial charge in [-0.25, -0.2) is 0 Å². The van der Waals surface area contributed by atoms with Crippen molar-refractivity contribution < 1.29 is 9.59 Å². The molecule has 4 nitrogen and oxygen atoms in total. The van der Waals surface area contributed by atoms with Gasteiger partial charge in [0.25, 0.3) is 0 Å². The third-order valence-corrected chi connectivity index (χ3v) is 5.16. The van der Waals surface area contributed by atoms with Crippen molar-refractivity contribution in [3.63, 3.8) is 0 Å². The molecule has 3 N–H and O–H groups in total. The smallest absolute Gasteiger partial charge is 0.243 e. The standard InChI is InChI=1S/C17H24N2O2/c1-16(2)13(17(16,3)4)15(21)19-14(20)12(18)10-11-8-6-5-7-9-11/h5-9,12-13H,10,18H2,1-4H3,(H,19,20,21). The van der Waals surface area contributed by atoms with Crippen LogP contribution in [0.4, 0.5) is 0 Å². The predicted octanol–water partition coefficient (Wildman–Crippen LogP) is 1.88. The molecule has 21 heavy (non-hydrogen) atoms. The third-order valence-electron chi connectivity index (χ3n) is 5.16. The molecule has 1 saturated carbocycles. The number of carbonyl (C=O) groups is 2. The van der Waals surface area contributed by atoms with Crippen molar-refractivity contribution >= 4 is 11.8 Å². The molecule has 1 aromatic carbocycles. The first-order chi connectivity index (χ1) is 9.68. The predicted molar refractivity (Wildman–Crippen MR) is 82.3 cm³/mol. The molecule has 0 spiro atoms. The Labute approximate surface area is 126 Å². The lowest BCUT2D eigenvalue weighted by Crippen LogP contribution is -2.45. The number of amides is 2. The minimum absolute atomic E-state index is 0.0825. The summed E-state index contributed by atoms with van der Waals surface area (Å²) in [5.41, 5.74) is 6.71. The highest BCUT2D eigenvalue weighted by Crippen LogP contribution is 2.68. The van der Waals surface area contributed by atoms with Gasteiger partial charge in [-0.15, -0.1) is 0 Å². The van der Waals surface area contributed by atoms with Crippen LogP contribution in [0.3, 0.4) is 0 Å². The van der Waals surface area contributed by atoms with Crippen LogP contribution in [0.15, 0.2) is 30.3 Å². The molecule has 1 atom stereocenters. The fourth-order valence-corrected chi connectivity index (χ4v) is 3.10. The molecular weight excluding hydrogens is 264 g/mol. The van der Waals surface area contributed by atoms with Gasteiger partial charge in [-0.3, -0.25) is 14.9 Å². The number of imide groups is 1. The molecule has 1 fully saturated rings. The van der Waals surface area contributed by atoms with E-state index in [-0.39, 0.29) is 22.7 Å². The van der Waals surface area contributed by atoms with Crippen LogP contribution in [0.2, 0.25) is 0 Å². The molecule has 1 aromatic rings. The van der Waals surface area contributed by atoms with Crippen LogP contribution in [0.1, 0.15) is 33.3 Å². The molecule has 2 amide bonds. The zero-order valence-electron chi connectivity index (χ0n) is 13.1. The third kappa shape index (κ3) is 2.86. The van der Waals surface area contributed by atoms with Gasteiger partial charge in [0, 0.05) is 5.92 Å². The molecule has 0 radical (unpaired) electrons. The Balaban J connectivity index is 1.92. The lowest BCUT2D eigenvalue weighted by molar-refractivity contribution is -0.132. The molecular formula is C17H24N2O2. The summed E-state index contributed by atoms with van der Waals surface area (Å²) in [4.78, 5) is 24.3. The molecule has 0 heterocycles. The molecule has 4 heteroatoms. The minimum atomic E-state index is -0.707. The summed E-state index contributed by atoms with van der Waals surface area (Å²) in [6.45, 7) is 8.19. The number of nitrogens with one attached hydrogen (secondary N) is 1. The fraction of sp³-hybridized carbons (Fsp3) is 0.529. The number of benzene rings is 1. The number of hydrogen-bond donors (Lipinski definition) is 2. The first-order valence-corrected chi connectivity index (χ1v) is 7.32. The normalized spacial score (nSPS) is 20.6. The summed E-state index contributed by atoms with van der Waals surface area (Å²) < 4.78 is 0. The van der Waals surface area contributed by atoms with Gasteiger partial charge >= 0.3 is 0 Å². The summed E-state index contributed by atoms with van der Waals surface area (Å²) in [7, 11) is 0. The maximum atomic E-state index is 12.2. The van der Waals surface area contributed by atoms with E-state index in [9.17, 15) is 9.59 Å². The monoisotopic (exact) mass is 288 g/mol. The van der Waals surface area contributed by atoms with E-state index in [1.165, 1.54) is 0 Å².